The molecule has 2 nitrogen and oxygen atoms in total. The molecular weight excluding hydrogens is 257 g/mol. The number of nitrogens with two attached hydrogens (primary N) is 1. The van der Waals surface area contributed by atoms with Gasteiger partial charge in [-0.1, -0.05) is 35.3 Å². The van der Waals surface area contributed by atoms with Crippen molar-refractivity contribution in [3.63, 3.8) is 0 Å². The summed E-state index contributed by atoms with van der Waals surface area (Å²) in [4.78, 5) is 0. The molecule has 2 rings (SSSR count). The van der Waals surface area contributed by atoms with Crippen LogP contribution in [0.4, 0.5) is 5.69 Å². The lowest BCUT2D eigenvalue weighted by atomic mass is 10.2. The Bertz CT molecular complexity index is 511. The zero-order valence-electron chi connectivity index (χ0n) is 8.99. The third-order valence-electron chi connectivity index (χ3n) is 2.27. The summed E-state index contributed by atoms with van der Waals surface area (Å²) in [6.45, 7) is 0.431. The first-order valence-electron chi connectivity index (χ1n) is 5.07. The number of hydrogen-bond acceptors (Lipinski definition) is 2. The highest BCUT2D eigenvalue weighted by molar-refractivity contribution is 6.34. The molecule has 0 spiro atoms. The lowest BCUT2D eigenvalue weighted by Crippen LogP contribution is -1.96. The van der Waals surface area contributed by atoms with Crippen LogP contribution in [0.15, 0.2) is 42.5 Å². The average Bonchev–Trinajstić information content (AvgIpc) is 2.32. The van der Waals surface area contributed by atoms with E-state index in [4.69, 9.17) is 33.7 Å². The number of benzene rings is 2. The lowest BCUT2D eigenvalue weighted by Gasteiger charge is -2.08. The molecular formula is C13H11Cl2NO. The molecule has 0 fully saturated rings. The monoisotopic (exact) mass is 267 g/mol. The van der Waals surface area contributed by atoms with Crippen LogP contribution in [-0.4, -0.2) is 0 Å². The predicted molar refractivity (Wildman–Crippen MR) is 71.6 cm³/mol. The third-order valence-corrected chi connectivity index (χ3v) is 2.81. The molecule has 88 valence electrons. The van der Waals surface area contributed by atoms with E-state index in [1.165, 1.54) is 0 Å². The summed E-state index contributed by atoms with van der Waals surface area (Å²) in [5.74, 6) is 0.580. The Morgan fingerprint density at radius 2 is 1.71 bits per heavy atom. The second-order valence-electron chi connectivity index (χ2n) is 3.61. The summed E-state index contributed by atoms with van der Waals surface area (Å²) in [5, 5.41) is 1.14. The van der Waals surface area contributed by atoms with Crippen molar-refractivity contribution in [1.29, 1.82) is 0 Å². The molecule has 0 aliphatic carbocycles. The highest BCUT2D eigenvalue weighted by atomic mass is 35.5. The van der Waals surface area contributed by atoms with E-state index in [1.807, 2.05) is 24.3 Å². The molecule has 0 saturated carbocycles. The van der Waals surface area contributed by atoms with Crippen molar-refractivity contribution in [2.45, 2.75) is 6.61 Å². The summed E-state index contributed by atoms with van der Waals surface area (Å²) < 4.78 is 5.59. The molecule has 4 heteroatoms. The minimum absolute atomic E-state index is 0.431. The van der Waals surface area contributed by atoms with Gasteiger partial charge in [0.2, 0.25) is 0 Å². The molecule has 0 aromatic heterocycles. The van der Waals surface area contributed by atoms with Crippen molar-refractivity contribution < 1.29 is 4.74 Å². The van der Waals surface area contributed by atoms with Crippen molar-refractivity contribution in [2.75, 3.05) is 5.73 Å². The predicted octanol–water partition coefficient (Wildman–Crippen LogP) is 4.15. The van der Waals surface area contributed by atoms with Crippen LogP contribution in [0.25, 0.3) is 0 Å². The molecule has 0 unspecified atom stereocenters. The van der Waals surface area contributed by atoms with Crippen molar-refractivity contribution in [3.8, 4) is 5.75 Å². The molecule has 0 aliphatic heterocycles. The van der Waals surface area contributed by atoms with E-state index in [-0.39, 0.29) is 0 Å². The smallest absolute Gasteiger partial charge is 0.139 e. The van der Waals surface area contributed by atoms with E-state index in [0.717, 1.165) is 11.3 Å². The summed E-state index contributed by atoms with van der Waals surface area (Å²) in [5.41, 5.74) is 7.35. The fraction of sp³-hybridized carbons (Fsp3) is 0.0769. The van der Waals surface area contributed by atoms with Crippen molar-refractivity contribution >= 4 is 28.9 Å². The van der Waals surface area contributed by atoms with Gasteiger partial charge in [0.05, 0.1) is 5.02 Å². The van der Waals surface area contributed by atoms with Gasteiger partial charge in [0, 0.05) is 16.8 Å². The van der Waals surface area contributed by atoms with E-state index >= 15 is 0 Å². The number of ether oxygens (including phenoxy) is 1. The van der Waals surface area contributed by atoms with Gasteiger partial charge < -0.3 is 10.5 Å². The second-order valence-corrected chi connectivity index (χ2v) is 4.45. The number of hydrogen-bond donors (Lipinski definition) is 1. The lowest BCUT2D eigenvalue weighted by molar-refractivity contribution is 0.306. The number of rotatable bonds is 3. The van der Waals surface area contributed by atoms with Crippen LogP contribution in [0.5, 0.6) is 5.75 Å². The average molecular weight is 268 g/mol. The molecule has 0 amide bonds. The Labute approximate surface area is 110 Å². The van der Waals surface area contributed by atoms with Gasteiger partial charge in [-0.05, 0) is 29.8 Å². The molecule has 2 N–H and O–H groups in total. The topological polar surface area (TPSA) is 35.2 Å². The van der Waals surface area contributed by atoms with Crippen LogP contribution >= 0.6 is 23.2 Å². The van der Waals surface area contributed by atoms with Crippen LogP contribution in [0.3, 0.4) is 0 Å². The fourth-order valence-corrected chi connectivity index (χ4v) is 1.70. The van der Waals surface area contributed by atoms with Gasteiger partial charge in [-0.3, -0.25) is 0 Å². The quantitative estimate of drug-likeness (QED) is 0.848. The summed E-state index contributed by atoms with van der Waals surface area (Å²) in [6, 6.07) is 12.6. The van der Waals surface area contributed by atoms with Crippen LogP contribution in [-0.2, 0) is 6.61 Å². The summed E-state index contributed by atoms with van der Waals surface area (Å²) >= 11 is 11.8. The molecule has 0 aliphatic rings. The maximum Gasteiger partial charge on any atom is 0.139 e. The Hall–Kier alpha value is -1.38. The SMILES string of the molecule is Nc1ccc(COc2cc(Cl)ccc2Cl)cc1. The minimum atomic E-state index is 0.431. The van der Waals surface area contributed by atoms with Crippen LogP contribution < -0.4 is 10.5 Å². The van der Waals surface area contributed by atoms with Gasteiger partial charge in [-0.25, -0.2) is 0 Å². The molecule has 2 aromatic carbocycles. The first kappa shape index (κ1) is 12.1. The highest BCUT2D eigenvalue weighted by Crippen LogP contribution is 2.28. The standard InChI is InChI=1S/C13H11Cl2NO/c14-10-3-6-12(15)13(7-10)17-8-9-1-4-11(16)5-2-9/h1-7H,8,16H2. The van der Waals surface area contributed by atoms with E-state index in [9.17, 15) is 0 Å². The van der Waals surface area contributed by atoms with Crippen molar-refractivity contribution in [1.82, 2.24) is 0 Å². The fourth-order valence-electron chi connectivity index (χ4n) is 1.36. The summed E-state index contributed by atoms with van der Waals surface area (Å²) in [6.07, 6.45) is 0. The second kappa shape index (κ2) is 5.30. The van der Waals surface area contributed by atoms with E-state index in [1.54, 1.807) is 18.2 Å². The molecule has 17 heavy (non-hydrogen) atoms. The van der Waals surface area contributed by atoms with Crippen molar-refractivity contribution in [2.24, 2.45) is 0 Å². The Kier molecular flexibility index (Phi) is 3.77. The maximum absolute atomic E-state index is 5.98. The van der Waals surface area contributed by atoms with Gasteiger partial charge in [0.25, 0.3) is 0 Å². The highest BCUT2D eigenvalue weighted by Gasteiger charge is 2.02. The minimum Gasteiger partial charge on any atom is -0.487 e. The van der Waals surface area contributed by atoms with Crippen LogP contribution in [0.1, 0.15) is 5.56 Å². The van der Waals surface area contributed by atoms with Gasteiger partial charge in [-0.2, -0.15) is 0 Å². The van der Waals surface area contributed by atoms with Gasteiger partial charge >= 0.3 is 0 Å². The first-order valence-corrected chi connectivity index (χ1v) is 5.83. The summed E-state index contributed by atoms with van der Waals surface area (Å²) in [7, 11) is 0. The first-order chi connectivity index (χ1) is 8.15. The third kappa shape index (κ3) is 3.29. The van der Waals surface area contributed by atoms with Gasteiger partial charge in [0.1, 0.15) is 12.4 Å². The molecule has 0 heterocycles. The Balaban J connectivity index is 2.07. The Morgan fingerprint density at radius 3 is 2.41 bits per heavy atom. The zero-order valence-corrected chi connectivity index (χ0v) is 10.5. The van der Waals surface area contributed by atoms with Crippen LogP contribution in [0, 0.1) is 0 Å². The van der Waals surface area contributed by atoms with E-state index in [0.29, 0.717) is 22.4 Å². The normalized spacial score (nSPS) is 10.2. The van der Waals surface area contributed by atoms with Crippen LogP contribution in [0.2, 0.25) is 10.0 Å². The zero-order chi connectivity index (χ0) is 12.3. The molecule has 2 aromatic rings. The molecule has 0 bridgehead atoms. The van der Waals surface area contributed by atoms with Gasteiger partial charge in [-0.15, -0.1) is 0 Å². The van der Waals surface area contributed by atoms with Gasteiger partial charge in [0.15, 0.2) is 0 Å². The number of nitrogen functional groups attached to an aromatic ring is 1. The Morgan fingerprint density at radius 1 is 1.00 bits per heavy atom. The van der Waals surface area contributed by atoms with E-state index in [2.05, 4.69) is 0 Å². The number of anilines is 1. The number of halogens is 2. The largest absolute Gasteiger partial charge is 0.487 e. The molecule has 0 saturated heterocycles. The van der Waals surface area contributed by atoms with Crippen molar-refractivity contribution in [3.05, 3.63) is 58.1 Å². The molecule has 0 radical (unpaired) electrons. The molecule has 0 atom stereocenters. The maximum atomic E-state index is 5.98. The van der Waals surface area contributed by atoms with E-state index < -0.39 is 0 Å².